The van der Waals surface area contributed by atoms with Crippen molar-refractivity contribution in [1.29, 1.82) is 0 Å². The van der Waals surface area contributed by atoms with Crippen LogP contribution in [0.25, 0.3) is 6.08 Å². The molecule has 0 atom stereocenters. The number of thiophene rings is 1. The summed E-state index contributed by atoms with van der Waals surface area (Å²) < 4.78 is 0. The fourth-order valence-corrected chi connectivity index (χ4v) is 3.17. The quantitative estimate of drug-likeness (QED) is 0.876. The number of anilines is 2. The van der Waals surface area contributed by atoms with Crippen molar-refractivity contribution in [2.24, 2.45) is 0 Å². The van der Waals surface area contributed by atoms with Gasteiger partial charge in [-0.15, -0.1) is 0 Å². The van der Waals surface area contributed by atoms with E-state index in [0.717, 1.165) is 37.4 Å². The third-order valence-corrected chi connectivity index (χ3v) is 4.68. The van der Waals surface area contributed by atoms with Crippen LogP contribution in [0.1, 0.15) is 5.56 Å². The molecule has 1 aliphatic heterocycles. The van der Waals surface area contributed by atoms with Gasteiger partial charge in [-0.2, -0.15) is 11.3 Å². The molecule has 0 radical (unpaired) electrons. The zero-order valence-corrected chi connectivity index (χ0v) is 14.1. The second kappa shape index (κ2) is 7.44. The zero-order chi connectivity index (χ0) is 16.1. The van der Waals surface area contributed by atoms with Gasteiger partial charge in [-0.05, 0) is 59.8 Å². The molecule has 0 spiro atoms. The Morgan fingerprint density at radius 1 is 1.13 bits per heavy atom. The van der Waals surface area contributed by atoms with Gasteiger partial charge >= 0.3 is 0 Å². The van der Waals surface area contributed by atoms with Crippen molar-refractivity contribution in [2.75, 3.05) is 43.4 Å². The van der Waals surface area contributed by atoms with Gasteiger partial charge in [0.1, 0.15) is 0 Å². The van der Waals surface area contributed by atoms with Crippen LogP contribution in [-0.4, -0.2) is 44.0 Å². The van der Waals surface area contributed by atoms with Gasteiger partial charge in [-0.1, -0.05) is 0 Å². The number of benzene rings is 1. The van der Waals surface area contributed by atoms with Crippen LogP contribution in [0.2, 0.25) is 0 Å². The van der Waals surface area contributed by atoms with Crippen molar-refractivity contribution < 1.29 is 4.79 Å². The van der Waals surface area contributed by atoms with Crippen LogP contribution in [0.4, 0.5) is 11.4 Å². The number of likely N-dealkylation sites (N-methyl/N-ethyl adjacent to an activating group) is 1. The Hall–Kier alpha value is -2.11. The molecule has 120 valence electrons. The fourth-order valence-electron chi connectivity index (χ4n) is 2.55. The largest absolute Gasteiger partial charge is 0.369 e. The number of piperazine rings is 1. The van der Waals surface area contributed by atoms with E-state index in [0.29, 0.717) is 0 Å². The van der Waals surface area contributed by atoms with Gasteiger partial charge in [0, 0.05) is 43.6 Å². The molecule has 0 aliphatic carbocycles. The van der Waals surface area contributed by atoms with Crippen molar-refractivity contribution in [3.63, 3.8) is 0 Å². The van der Waals surface area contributed by atoms with Crippen molar-refractivity contribution in [3.8, 4) is 0 Å². The van der Waals surface area contributed by atoms with Crippen LogP contribution in [0, 0.1) is 0 Å². The van der Waals surface area contributed by atoms with Crippen LogP contribution in [-0.2, 0) is 4.79 Å². The second-order valence-electron chi connectivity index (χ2n) is 5.72. The van der Waals surface area contributed by atoms with Crippen LogP contribution in [0.5, 0.6) is 0 Å². The molecule has 1 N–H and O–H groups in total. The summed E-state index contributed by atoms with van der Waals surface area (Å²) in [5.74, 6) is -0.108. The molecule has 0 saturated carbocycles. The molecule has 5 heteroatoms. The summed E-state index contributed by atoms with van der Waals surface area (Å²) >= 11 is 1.62. The van der Waals surface area contributed by atoms with E-state index in [1.54, 1.807) is 17.4 Å². The lowest BCUT2D eigenvalue weighted by molar-refractivity contribution is -0.111. The number of rotatable bonds is 4. The summed E-state index contributed by atoms with van der Waals surface area (Å²) in [7, 11) is 2.15. The molecule has 23 heavy (non-hydrogen) atoms. The summed E-state index contributed by atoms with van der Waals surface area (Å²) in [5, 5.41) is 6.90. The Bertz CT molecular complexity index is 656. The van der Waals surface area contributed by atoms with E-state index < -0.39 is 0 Å². The molecule has 4 nitrogen and oxygen atoms in total. The number of nitrogens with one attached hydrogen (secondary N) is 1. The number of amides is 1. The minimum absolute atomic E-state index is 0.108. The maximum Gasteiger partial charge on any atom is 0.248 e. The van der Waals surface area contributed by atoms with Gasteiger partial charge in [0.05, 0.1) is 0 Å². The number of nitrogens with zero attached hydrogens (tertiary/aromatic N) is 2. The Labute approximate surface area is 141 Å². The van der Waals surface area contributed by atoms with Gasteiger partial charge in [0.2, 0.25) is 5.91 Å². The van der Waals surface area contributed by atoms with E-state index in [-0.39, 0.29) is 5.91 Å². The van der Waals surface area contributed by atoms with Crippen LogP contribution in [0.3, 0.4) is 0 Å². The minimum atomic E-state index is -0.108. The molecule has 2 aromatic rings. The lowest BCUT2D eigenvalue weighted by Crippen LogP contribution is -2.44. The number of carbonyl (C=O) groups is 1. The molecule has 3 rings (SSSR count). The summed E-state index contributed by atoms with van der Waals surface area (Å²) in [4.78, 5) is 16.6. The predicted molar refractivity (Wildman–Crippen MR) is 98.1 cm³/mol. The van der Waals surface area contributed by atoms with Crippen molar-refractivity contribution >= 4 is 34.7 Å². The lowest BCUT2D eigenvalue weighted by Gasteiger charge is -2.34. The van der Waals surface area contributed by atoms with Crippen molar-refractivity contribution in [3.05, 3.63) is 52.7 Å². The van der Waals surface area contributed by atoms with Crippen LogP contribution in [0.15, 0.2) is 47.2 Å². The zero-order valence-electron chi connectivity index (χ0n) is 13.2. The summed E-state index contributed by atoms with van der Waals surface area (Å²) in [6, 6.07) is 10.1. The first-order valence-corrected chi connectivity index (χ1v) is 8.70. The molecular weight excluding hydrogens is 306 g/mol. The highest BCUT2D eigenvalue weighted by atomic mass is 32.1. The van der Waals surface area contributed by atoms with E-state index in [4.69, 9.17) is 0 Å². The summed E-state index contributed by atoms with van der Waals surface area (Å²) in [5.41, 5.74) is 3.09. The van der Waals surface area contributed by atoms with Gasteiger partial charge in [-0.25, -0.2) is 0 Å². The maximum atomic E-state index is 11.9. The van der Waals surface area contributed by atoms with Gasteiger partial charge in [0.25, 0.3) is 0 Å². The average Bonchev–Trinajstić information content (AvgIpc) is 3.08. The van der Waals surface area contributed by atoms with Gasteiger partial charge < -0.3 is 15.1 Å². The Balaban J connectivity index is 1.56. The van der Waals surface area contributed by atoms with Gasteiger partial charge in [0.15, 0.2) is 0 Å². The second-order valence-corrected chi connectivity index (χ2v) is 6.50. The summed E-state index contributed by atoms with van der Waals surface area (Å²) in [6.45, 7) is 4.27. The molecule has 1 amide bonds. The molecule has 1 aliphatic rings. The van der Waals surface area contributed by atoms with Crippen molar-refractivity contribution in [1.82, 2.24) is 4.90 Å². The smallest absolute Gasteiger partial charge is 0.248 e. The molecule has 0 bridgehead atoms. The number of hydrogen-bond donors (Lipinski definition) is 1. The first-order chi connectivity index (χ1) is 11.2. The molecule has 1 fully saturated rings. The highest BCUT2D eigenvalue weighted by Gasteiger charge is 2.13. The predicted octanol–water partition coefficient (Wildman–Crippen LogP) is 3.15. The molecule has 2 heterocycles. The van der Waals surface area contributed by atoms with E-state index in [2.05, 4.69) is 34.3 Å². The monoisotopic (exact) mass is 327 g/mol. The van der Waals surface area contributed by atoms with E-state index in [1.807, 2.05) is 35.0 Å². The third-order valence-electron chi connectivity index (χ3n) is 3.97. The van der Waals surface area contributed by atoms with Crippen LogP contribution >= 0.6 is 11.3 Å². The highest BCUT2D eigenvalue weighted by Crippen LogP contribution is 2.19. The fraction of sp³-hybridized carbons (Fsp3) is 0.278. The molecule has 1 aromatic carbocycles. The Morgan fingerprint density at radius 3 is 2.52 bits per heavy atom. The molecule has 0 unspecified atom stereocenters. The molecular formula is C18H21N3OS. The normalized spacial score (nSPS) is 16.0. The first-order valence-electron chi connectivity index (χ1n) is 7.75. The maximum absolute atomic E-state index is 11.9. The van der Waals surface area contributed by atoms with Gasteiger partial charge in [-0.3, -0.25) is 4.79 Å². The standard InChI is InChI=1S/C18H21N3OS/c1-20-9-11-21(12-10-20)17-5-3-16(4-6-17)19-18(22)7-2-15-8-13-23-14-15/h2-8,13-14H,9-12H2,1H3,(H,19,22). The minimum Gasteiger partial charge on any atom is -0.369 e. The molecule has 1 saturated heterocycles. The number of carbonyl (C=O) groups excluding carboxylic acids is 1. The lowest BCUT2D eigenvalue weighted by atomic mass is 10.2. The van der Waals surface area contributed by atoms with Crippen molar-refractivity contribution in [2.45, 2.75) is 0 Å². The highest BCUT2D eigenvalue weighted by molar-refractivity contribution is 7.08. The molecule has 1 aromatic heterocycles. The third kappa shape index (κ3) is 4.43. The van der Waals surface area contributed by atoms with E-state index in [1.165, 1.54) is 5.69 Å². The Kier molecular flexibility index (Phi) is 5.10. The Morgan fingerprint density at radius 2 is 1.87 bits per heavy atom. The summed E-state index contributed by atoms with van der Waals surface area (Å²) in [6.07, 6.45) is 3.39. The van der Waals surface area contributed by atoms with E-state index in [9.17, 15) is 4.79 Å². The number of hydrogen-bond acceptors (Lipinski definition) is 4. The average molecular weight is 327 g/mol. The van der Waals surface area contributed by atoms with E-state index >= 15 is 0 Å². The SMILES string of the molecule is CN1CCN(c2ccc(NC(=O)C=Cc3ccsc3)cc2)CC1. The topological polar surface area (TPSA) is 35.6 Å². The first kappa shape index (κ1) is 15.8. The van der Waals surface area contributed by atoms with Crippen LogP contribution < -0.4 is 10.2 Å².